The van der Waals surface area contributed by atoms with Crippen LogP contribution in [0.25, 0.3) is 0 Å². The molecule has 0 aromatic heterocycles. The summed E-state index contributed by atoms with van der Waals surface area (Å²) in [7, 11) is 0. The van der Waals surface area contributed by atoms with Crippen molar-refractivity contribution in [3.63, 3.8) is 0 Å². The fourth-order valence-electron chi connectivity index (χ4n) is 1.64. The molecule has 0 heterocycles. The number of hydrogen-bond acceptors (Lipinski definition) is 1. The van der Waals surface area contributed by atoms with Gasteiger partial charge in [-0.1, -0.05) is 19.1 Å². The fourth-order valence-corrected chi connectivity index (χ4v) is 1.64. The number of hydrogen-bond donors (Lipinski definition) is 1. The maximum Gasteiger partial charge on any atom is 0.416 e. The molecule has 0 saturated carbocycles. The molecule has 0 aliphatic rings. The van der Waals surface area contributed by atoms with E-state index in [1.54, 1.807) is 6.07 Å². The predicted octanol–water partition coefficient (Wildman–Crippen LogP) is 3.29. The molecule has 1 rings (SSSR count). The molecule has 4 heteroatoms. The highest BCUT2D eigenvalue weighted by Crippen LogP contribution is 2.33. The minimum absolute atomic E-state index is 0.0813. The average molecular weight is 231 g/mol. The standard InChI is InChI=1S/C12H16F3N/c1-3-10(16)7-9-5-4-6-11(8(9)2)12(13,14)15/h4-6,10H,3,7,16H2,1-2H3. The average Bonchev–Trinajstić information content (AvgIpc) is 2.19. The Labute approximate surface area is 93.5 Å². The molecule has 0 radical (unpaired) electrons. The van der Waals surface area contributed by atoms with Crippen molar-refractivity contribution in [2.75, 3.05) is 0 Å². The van der Waals surface area contributed by atoms with E-state index < -0.39 is 11.7 Å². The van der Waals surface area contributed by atoms with Crippen molar-refractivity contribution in [3.8, 4) is 0 Å². The number of benzene rings is 1. The van der Waals surface area contributed by atoms with Crippen LogP contribution in [0.1, 0.15) is 30.0 Å². The van der Waals surface area contributed by atoms with Crippen LogP contribution < -0.4 is 5.73 Å². The number of nitrogens with two attached hydrogens (primary N) is 1. The third-order valence-electron chi connectivity index (χ3n) is 2.76. The summed E-state index contributed by atoms with van der Waals surface area (Å²) in [5, 5.41) is 0. The summed E-state index contributed by atoms with van der Waals surface area (Å²) < 4.78 is 37.9. The maximum absolute atomic E-state index is 12.6. The molecule has 90 valence electrons. The Morgan fingerprint density at radius 1 is 1.31 bits per heavy atom. The number of halogens is 3. The third-order valence-corrected chi connectivity index (χ3v) is 2.76. The van der Waals surface area contributed by atoms with Gasteiger partial charge in [0, 0.05) is 6.04 Å². The van der Waals surface area contributed by atoms with Gasteiger partial charge in [0.05, 0.1) is 5.56 Å². The molecule has 0 saturated heterocycles. The lowest BCUT2D eigenvalue weighted by Crippen LogP contribution is -2.22. The first-order valence-electron chi connectivity index (χ1n) is 5.27. The Morgan fingerprint density at radius 3 is 2.44 bits per heavy atom. The Hall–Kier alpha value is -1.03. The summed E-state index contributed by atoms with van der Waals surface area (Å²) in [5.74, 6) is 0. The lowest BCUT2D eigenvalue weighted by Gasteiger charge is -2.16. The molecular weight excluding hydrogens is 215 g/mol. The van der Waals surface area contributed by atoms with E-state index in [0.29, 0.717) is 17.5 Å². The first-order chi connectivity index (χ1) is 7.36. The van der Waals surface area contributed by atoms with Crippen LogP contribution in [0.4, 0.5) is 13.2 Å². The van der Waals surface area contributed by atoms with Gasteiger partial charge >= 0.3 is 6.18 Å². The topological polar surface area (TPSA) is 26.0 Å². The van der Waals surface area contributed by atoms with E-state index in [1.807, 2.05) is 6.92 Å². The molecule has 1 atom stereocenters. The van der Waals surface area contributed by atoms with Gasteiger partial charge in [-0.05, 0) is 37.0 Å². The highest BCUT2D eigenvalue weighted by atomic mass is 19.4. The molecule has 1 unspecified atom stereocenters. The predicted molar refractivity (Wildman–Crippen MR) is 58.2 cm³/mol. The van der Waals surface area contributed by atoms with Crippen molar-refractivity contribution in [3.05, 3.63) is 34.9 Å². The van der Waals surface area contributed by atoms with Gasteiger partial charge in [0.15, 0.2) is 0 Å². The summed E-state index contributed by atoms with van der Waals surface area (Å²) in [4.78, 5) is 0. The van der Waals surface area contributed by atoms with Crippen molar-refractivity contribution in [2.45, 2.75) is 38.9 Å². The van der Waals surface area contributed by atoms with Gasteiger partial charge in [0.1, 0.15) is 0 Å². The van der Waals surface area contributed by atoms with Gasteiger partial charge in [-0.2, -0.15) is 13.2 Å². The highest BCUT2D eigenvalue weighted by Gasteiger charge is 2.32. The quantitative estimate of drug-likeness (QED) is 0.848. The number of rotatable bonds is 3. The molecular formula is C12H16F3N. The summed E-state index contributed by atoms with van der Waals surface area (Å²) >= 11 is 0. The van der Waals surface area contributed by atoms with Gasteiger partial charge in [0.25, 0.3) is 0 Å². The van der Waals surface area contributed by atoms with Crippen LogP contribution in [0.3, 0.4) is 0 Å². The molecule has 0 fully saturated rings. The second-order valence-corrected chi connectivity index (χ2v) is 3.96. The van der Waals surface area contributed by atoms with Gasteiger partial charge in [0.2, 0.25) is 0 Å². The molecule has 0 bridgehead atoms. The summed E-state index contributed by atoms with van der Waals surface area (Å²) in [6, 6.07) is 4.17. The van der Waals surface area contributed by atoms with Crippen LogP contribution in [-0.2, 0) is 12.6 Å². The zero-order valence-corrected chi connectivity index (χ0v) is 9.43. The lowest BCUT2D eigenvalue weighted by molar-refractivity contribution is -0.138. The Balaban J connectivity index is 3.05. The van der Waals surface area contributed by atoms with E-state index in [9.17, 15) is 13.2 Å². The summed E-state index contributed by atoms with van der Waals surface area (Å²) in [6.07, 6.45) is -3.03. The zero-order valence-electron chi connectivity index (χ0n) is 9.43. The van der Waals surface area contributed by atoms with Gasteiger partial charge < -0.3 is 5.73 Å². The van der Waals surface area contributed by atoms with E-state index >= 15 is 0 Å². The van der Waals surface area contributed by atoms with Crippen molar-refractivity contribution >= 4 is 0 Å². The maximum atomic E-state index is 12.6. The first-order valence-corrected chi connectivity index (χ1v) is 5.27. The molecule has 0 spiro atoms. The van der Waals surface area contributed by atoms with E-state index in [0.717, 1.165) is 12.5 Å². The second kappa shape index (κ2) is 4.87. The monoisotopic (exact) mass is 231 g/mol. The first kappa shape index (κ1) is 13.0. The molecule has 1 aromatic carbocycles. The minimum atomic E-state index is -4.28. The molecule has 0 aliphatic carbocycles. The minimum Gasteiger partial charge on any atom is -0.327 e. The molecule has 0 amide bonds. The summed E-state index contributed by atoms with van der Waals surface area (Å²) in [6.45, 7) is 3.42. The smallest absolute Gasteiger partial charge is 0.327 e. The normalized spacial score (nSPS) is 13.9. The number of alkyl halides is 3. The molecule has 1 aromatic rings. The highest BCUT2D eigenvalue weighted by molar-refractivity contribution is 5.36. The summed E-state index contributed by atoms with van der Waals surface area (Å²) in [5.41, 5.74) is 6.17. The van der Waals surface area contributed by atoms with Gasteiger partial charge in [-0.25, -0.2) is 0 Å². The van der Waals surface area contributed by atoms with Crippen molar-refractivity contribution in [1.29, 1.82) is 0 Å². The Morgan fingerprint density at radius 2 is 1.94 bits per heavy atom. The van der Waals surface area contributed by atoms with E-state index in [4.69, 9.17) is 5.73 Å². The van der Waals surface area contributed by atoms with Gasteiger partial charge in [-0.3, -0.25) is 0 Å². The van der Waals surface area contributed by atoms with Crippen molar-refractivity contribution in [1.82, 2.24) is 0 Å². The van der Waals surface area contributed by atoms with Crippen LogP contribution in [0.5, 0.6) is 0 Å². The largest absolute Gasteiger partial charge is 0.416 e. The Kier molecular flexibility index (Phi) is 3.97. The van der Waals surface area contributed by atoms with Crippen LogP contribution in [0.2, 0.25) is 0 Å². The molecule has 1 nitrogen and oxygen atoms in total. The zero-order chi connectivity index (χ0) is 12.3. The Bertz CT molecular complexity index is 358. The SMILES string of the molecule is CCC(N)Cc1cccc(C(F)(F)F)c1C. The van der Waals surface area contributed by atoms with Crippen LogP contribution in [0.15, 0.2) is 18.2 Å². The molecule has 16 heavy (non-hydrogen) atoms. The van der Waals surface area contributed by atoms with Gasteiger partial charge in [-0.15, -0.1) is 0 Å². The third kappa shape index (κ3) is 2.98. The van der Waals surface area contributed by atoms with Crippen molar-refractivity contribution in [2.24, 2.45) is 5.73 Å². The van der Waals surface area contributed by atoms with E-state index in [1.165, 1.54) is 13.0 Å². The van der Waals surface area contributed by atoms with Crippen LogP contribution >= 0.6 is 0 Å². The van der Waals surface area contributed by atoms with Crippen LogP contribution in [0, 0.1) is 6.92 Å². The molecule has 0 aliphatic heterocycles. The molecule has 2 N–H and O–H groups in total. The second-order valence-electron chi connectivity index (χ2n) is 3.96. The van der Waals surface area contributed by atoms with Crippen molar-refractivity contribution < 1.29 is 13.2 Å². The fraction of sp³-hybridized carbons (Fsp3) is 0.500. The van der Waals surface area contributed by atoms with Crippen LogP contribution in [-0.4, -0.2) is 6.04 Å². The lowest BCUT2D eigenvalue weighted by atomic mass is 9.96. The van der Waals surface area contributed by atoms with E-state index in [2.05, 4.69) is 0 Å². The van der Waals surface area contributed by atoms with E-state index in [-0.39, 0.29) is 6.04 Å².